The molecular formula is C26H27N3O5. The van der Waals surface area contributed by atoms with Gasteiger partial charge in [-0.05, 0) is 36.6 Å². The van der Waals surface area contributed by atoms with Crippen LogP contribution in [-0.2, 0) is 28.3 Å². The highest BCUT2D eigenvalue weighted by atomic mass is 16.6. The molecule has 5 rings (SSSR count). The van der Waals surface area contributed by atoms with E-state index in [-0.39, 0.29) is 25.1 Å². The number of unbranched alkanes of at least 4 members (excludes halogenated alkanes) is 2. The summed E-state index contributed by atoms with van der Waals surface area (Å²) in [6, 6.07) is 7.24. The van der Waals surface area contributed by atoms with E-state index in [4.69, 9.17) is 19.9 Å². The van der Waals surface area contributed by atoms with Crippen LogP contribution in [-0.4, -0.2) is 33.4 Å². The third kappa shape index (κ3) is 3.24. The predicted octanol–water partition coefficient (Wildman–Crippen LogP) is 3.65. The van der Waals surface area contributed by atoms with Gasteiger partial charge in [-0.3, -0.25) is 4.79 Å². The third-order valence-corrected chi connectivity index (χ3v) is 6.82. The Morgan fingerprint density at radius 2 is 2.06 bits per heavy atom. The number of hydrogen-bond donors (Lipinski definition) is 2. The molecule has 8 nitrogen and oxygen atoms in total. The van der Waals surface area contributed by atoms with E-state index in [2.05, 4.69) is 6.92 Å². The second kappa shape index (κ2) is 8.36. The van der Waals surface area contributed by atoms with Gasteiger partial charge < -0.3 is 24.6 Å². The average Bonchev–Trinajstić information content (AvgIpc) is 3.22. The lowest BCUT2D eigenvalue weighted by Crippen LogP contribution is -2.44. The minimum Gasteiger partial charge on any atom is -0.492 e. The van der Waals surface area contributed by atoms with Gasteiger partial charge in [-0.1, -0.05) is 32.8 Å². The smallest absolute Gasteiger partial charge is 0.343 e. The number of rotatable bonds is 7. The summed E-state index contributed by atoms with van der Waals surface area (Å²) in [6.45, 7) is 4.46. The van der Waals surface area contributed by atoms with Crippen molar-refractivity contribution in [3.63, 3.8) is 0 Å². The van der Waals surface area contributed by atoms with Gasteiger partial charge in [0.1, 0.15) is 12.4 Å². The zero-order chi connectivity index (χ0) is 24.0. The lowest BCUT2D eigenvalue weighted by Gasteiger charge is -2.31. The molecule has 2 aliphatic heterocycles. The SMILES string of the molecule is CCCCCOc1c2c(nc3ccc(C=N)cc13)-c1cc3c(c(=O)n1C2)COC(=O)C3(O)CC. The number of nitrogens with zero attached hydrogens (tertiary/aromatic N) is 2. The number of carbonyl (C=O) groups is 1. The topological polar surface area (TPSA) is 115 Å². The lowest BCUT2D eigenvalue weighted by atomic mass is 9.86. The van der Waals surface area contributed by atoms with Gasteiger partial charge in [-0.15, -0.1) is 0 Å². The fraction of sp³-hybridized carbons (Fsp3) is 0.385. The Balaban J connectivity index is 1.73. The van der Waals surface area contributed by atoms with Crippen molar-refractivity contribution in [2.24, 2.45) is 0 Å². The Hall–Kier alpha value is -3.52. The fourth-order valence-corrected chi connectivity index (χ4v) is 4.84. The molecule has 0 aliphatic carbocycles. The van der Waals surface area contributed by atoms with E-state index in [9.17, 15) is 14.7 Å². The van der Waals surface area contributed by atoms with Crippen molar-refractivity contribution in [2.75, 3.05) is 6.61 Å². The van der Waals surface area contributed by atoms with Crippen molar-refractivity contribution in [3.8, 4) is 17.1 Å². The van der Waals surface area contributed by atoms with E-state index >= 15 is 0 Å². The maximum absolute atomic E-state index is 13.5. The molecule has 1 aromatic carbocycles. The quantitative estimate of drug-likeness (QED) is 0.247. The molecule has 2 aromatic heterocycles. The van der Waals surface area contributed by atoms with Crippen LogP contribution in [0.4, 0.5) is 0 Å². The Bertz CT molecular complexity index is 1390. The summed E-state index contributed by atoms with van der Waals surface area (Å²) in [5.74, 6) is -0.0744. The zero-order valence-corrected chi connectivity index (χ0v) is 19.3. The maximum atomic E-state index is 13.5. The molecule has 0 saturated carbocycles. The Morgan fingerprint density at radius 1 is 1.24 bits per heavy atom. The number of aliphatic hydroxyl groups is 1. The summed E-state index contributed by atoms with van der Waals surface area (Å²) in [6.07, 6.45) is 4.40. The van der Waals surface area contributed by atoms with E-state index in [1.165, 1.54) is 6.21 Å². The Morgan fingerprint density at radius 3 is 2.79 bits per heavy atom. The number of aromatic nitrogens is 2. The highest BCUT2D eigenvalue weighted by Gasteiger charge is 2.45. The van der Waals surface area contributed by atoms with Crippen LogP contribution in [0.15, 0.2) is 29.1 Å². The van der Waals surface area contributed by atoms with Gasteiger partial charge in [0.15, 0.2) is 5.60 Å². The molecule has 176 valence electrons. The van der Waals surface area contributed by atoms with Crippen molar-refractivity contribution < 1.29 is 19.4 Å². The Labute approximate surface area is 196 Å². The number of fused-ring (bicyclic) bond motifs is 5. The van der Waals surface area contributed by atoms with Crippen LogP contribution in [0.2, 0.25) is 0 Å². The van der Waals surface area contributed by atoms with E-state index in [0.717, 1.165) is 35.8 Å². The van der Waals surface area contributed by atoms with Crippen LogP contribution in [0.3, 0.4) is 0 Å². The molecule has 0 spiro atoms. The summed E-state index contributed by atoms with van der Waals surface area (Å²) in [5.41, 5.74) is 1.81. The summed E-state index contributed by atoms with van der Waals surface area (Å²) in [5, 5.41) is 19.5. The highest BCUT2D eigenvalue weighted by molar-refractivity contribution is 5.95. The van der Waals surface area contributed by atoms with Gasteiger partial charge in [0.2, 0.25) is 0 Å². The van der Waals surface area contributed by atoms with Gasteiger partial charge >= 0.3 is 5.97 Å². The second-order valence-electron chi connectivity index (χ2n) is 8.85. The largest absolute Gasteiger partial charge is 0.492 e. The van der Waals surface area contributed by atoms with E-state index in [1.807, 2.05) is 18.2 Å². The second-order valence-corrected chi connectivity index (χ2v) is 8.85. The summed E-state index contributed by atoms with van der Waals surface area (Å²) in [7, 11) is 0. The number of ether oxygens (including phenoxy) is 2. The molecule has 3 aromatic rings. The molecule has 2 aliphatic rings. The van der Waals surface area contributed by atoms with Crippen molar-refractivity contribution in [3.05, 3.63) is 56.9 Å². The van der Waals surface area contributed by atoms with Crippen LogP contribution < -0.4 is 10.3 Å². The third-order valence-electron chi connectivity index (χ3n) is 6.82. The van der Waals surface area contributed by atoms with E-state index in [1.54, 1.807) is 17.6 Å². The number of pyridine rings is 2. The molecule has 34 heavy (non-hydrogen) atoms. The summed E-state index contributed by atoms with van der Waals surface area (Å²) < 4.78 is 13.0. The van der Waals surface area contributed by atoms with Gasteiger partial charge in [0.05, 0.1) is 35.6 Å². The van der Waals surface area contributed by atoms with Crippen LogP contribution in [0.1, 0.15) is 61.8 Å². The number of benzene rings is 1. The molecule has 2 N–H and O–H groups in total. The molecule has 0 radical (unpaired) electrons. The molecule has 1 atom stereocenters. The molecule has 1 unspecified atom stereocenters. The van der Waals surface area contributed by atoms with Crippen molar-refractivity contribution >= 4 is 23.1 Å². The monoisotopic (exact) mass is 461 g/mol. The van der Waals surface area contributed by atoms with Crippen molar-refractivity contribution in [1.82, 2.24) is 9.55 Å². The molecule has 0 amide bonds. The zero-order valence-electron chi connectivity index (χ0n) is 19.3. The van der Waals surface area contributed by atoms with Crippen molar-refractivity contribution in [1.29, 1.82) is 5.41 Å². The minimum absolute atomic E-state index is 0.0952. The van der Waals surface area contributed by atoms with Crippen LogP contribution in [0, 0.1) is 5.41 Å². The van der Waals surface area contributed by atoms with E-state index in [0.29, 0.717) is 40.4 Å². The fourth-order valence-electron chi connectivity index (χ4n) is 4.84. The standard InChI is InChI=1S/C26H27N3O5/c1-3-5-6-9-33-23-16-10-15(12-27)7-8-20(16)28-22-17(23)13-29-21(22)11-19-18(24(29)30)14-34-25(31)26(19,32)4-2/h7-8,10-12,27,32H,3-6,9,13-14H2,1-2H3. The number of esters is 1. The first-order valence-corrected chi connectivity index (χ1v) is 11.7. The number of carbonyl (C=O) groups excluding carboxylic acids is 1. The summed E-state index contributed by atoms with van der Waals surface area (Å²) in [4.78, 5) is 30.7. The molecule has 8 heteroatoms. The van der Waals surface area contributed by atoms with Gasteiger partial charge in [0, 0.05) is 22.7 Å². The van der Waals surface area contributed by atoms with Crippen LogP contribution in [0.5, 0.6) is 5.75 Å². The van der Waals surface area contributed by atoms with Gasteiger partial charge in [-0.25, -0.2) is 9.78 Å². The molecule has 0 bridgehead atoms. The lowest BCUT2D eigenvalue weighted by molar-refractivity contribution is -0.172. The number of cyclic esters (lactones) is 1. The van der Waals surface area contributed by atoms with Gasteiger partial charge in [-0.2, -0.15) is 0 Å². The highest BCUT2D eigenvalue weighted by Crippen LogP contribution is 2.43. The number of nitrogens with one attached hydrogen (secondary N) is 1. The van der Waals surface area contributed by atoms with Crippen LogP contribution in [0.25, 0.3) is 22.3 Å². The summed E-state index contributed by atoms with van der Waals surface area (Å²) >= 11 is 0. The van der Waals surface area contributed by atoms with Crippen LogP contribution >= 0.6 is 0 Å². The maximum Gasteiger partial charge on any atom is 0.343 e. The first kappa shape index (κ1) is 22.3. The normalized spacial score (nSPS) is 18.3. The number of hydrogen-bond acceptors (Lipinski definition) is 7. The molecule has 0 saturated heterocycles. The van der Waals surface area contributed by atoms with Crippen molar-refractivity contribution in [2.45, 2.75) is 58.3 Å². The van der Waals surface area contributed by atoms with Gasteiger partial charge in [0.25, 0.3) is 5.56 Å². The molecule has 0 fully saturated rings. The van der Waals surface area contributed by atoms with E-state index < -0.39 is 11.6 Å². The minimum atomic E-state index is -1.86. The first-order valence-electron chi connectivity index (χ1n) is 11.7. The first-order chi connectivity index (χ1) is 16.4. The average molecular weight is 462 g/mol. The molecule has 4 heterocycles. The molecular weight excluding hydrogens is 434 g/mol. The predicted molar refractivity (Wildman–Crippen MR) is 127 cm³/mol. The Kier molecular flexibility index (Phi) is 5.48.